The molecule has 0 aliphatic carbocycles. The molecule has 2 nitrogen and oxygen atoms in total. The molecule has 0 fully saturated rings. The summed E-state index contributed by atoms with van der Waals surface area (Å²) in [7, 11) is 0. The molecule has 14 heavy (non-hydrogen) atoms. The number of thiophene rings is 1. The van der Waals surface area contributed by atoms with Crippen molar-refractivity contribution in [3.8, 4) is 5.75 Å². The van der Waals surface area contributed by atoms with Crippen molar-refractivity contribution >= 4 is 11.3 Å². The zero-order valence-electron chi connectivity index (χ0n) is 7.55. The lowest BCUT2D eigenvalue weighted by Crippen LogP contribution is -2.10. The van der Waals surface area contributed by atoms with Gasteiger partial charge >= 0.3 is 0 Å². The van der Waals surface area contributed by atoms with Crippen molar-refractivity contribution in [2.45, 2.75) is 6.04 Å². The standard InChI is InChI=1S/C11H11NOS/c12-11(9-4-5-14-7-9)8-2-1-3-10(13)6-8/h1-7,11,13H,12H2/t11-/m1/s1. The summed E-state index contributed by atoms with van der Waals surface area (Å²) in [5.41, 5.74) is 8.04. The first kappa shape index (κ1) is 9.24. The Hall–Kier alpha value is -1.32. The first-order valence-corrected chi connectivity index (χ1v) is 5.28. The third kappa shape index (κ3) is 1.78. The minimum atomic E-state index is -0.145. The van der Waals surface area contributed by atoms with E-state index in [2.05, 4.69) is 0 Å². The molecule has 0 saturated carbocycles. The summed E-state index contributed by atoms with van der Waals surface area (Å²) in [5.74, 6) is 0.258. The van der Waals surface area contributed by atoms with E-state index in [-0.39, 0.29) is 11.8 Å². The maximum absolute atomic E-state index is 9.31. The van der Waals surface area contributed by atoms with Crippen molar-refractivity contribution in [2.24, 2.45) is 5.73 Å². The fourth-order valence-electron chi connectivity index (χ4n) is 1.36. The fraction of sp³-hybridized carbons (Fsp3) is 0.0909. The molecule has 0 spiro atoms. The lowest BCUT2D eigenvalue weighted by Gasteiger charge is -2.10. The number of hydrogen-bond acceptors (Lipinski definition) is 3. The molecule has 0 saturated heterocycles. The summed E-state index contributed by atoms with van der Waals surface area (Å²) in [5, 5.41) is 13.3. The minimum absolute atomic E-state index is 0.145. The number of aromatic hydroxyl groups is 1. The largest absolute Gasteiger partial charge is 0.508 e. The quantitative estimate of drug-likeness (QED) is 0.791. The van der Waals surface area contributed by atoms with Gasteiger partial charge in [0.1, 0.15) is 5.75 Å². The molecule has 1 atom stereocenters. The van der Waals surface area contributed by atoms with E-state index in [1.54, 1.807) is 29.5 Å². The smallest absolute Gasteiger partial charge is 0.115 e. The Morgan fingerprint density at radius 1 is 1.21 bits per heavy atom. The van der Waals surface area contributed by atoms with E-state index >= 15 is 0 Å². The van der Waals surface area contributed by atoms with Crippen molar-refractivity contribution in [3.05, 3.63) is 52.2 Å². The van der Waals surface area contributed by atoms with Gasteiger partial charge in [0.25, 0.3) is 0 Å². The Balaban J connectivity index is 2.32. The molecule has 1 heterocycles. The number of rotatable bonds is 2. The number of phenols is 1. The van der Waals surface area contributed by atoms with Crippen LogP contribution in [-0.2, 0) is 0 Å². The zero-order valence-corrected chi connectivity index (χ0v) is 8.37. The molecular formula is C11H11NOS. The van der Waals surface area contributed by atoms with Crippen molar-refractivity contribution in [1.82, 2.24) is 0 Å². The van der Waals surface area contributed by atoms with Gasteiger partial charge in [0.15, 0.2) is 0 Å². The maximum atomic E-state index is 9.31. The topological polar surface area (TPSA) is 46.2 Å². The van der Waals surface area contributed by atoms with Gasteiger partial charge in [-0.2, -0.15) is 11.3 Å². The highest BCUT2D eigenvalue weighted by molar-refractivity contribution is 7.08. The van der Waals surface area contributed by atoms with Gasteiger partial charge in [-0.15, -0.1) is 0 Å². The van der Waals surface area contributed by atoms with Gasteiger partial charge in [0, 0.05) is 0 Å². The van der Waals surface area contributed by atoms with E-state index in [0.717, 1.165) is 11.1 Å². The Kier molecular flexibility index (Phi) is 2.52. The van der Waals surface area contributed by atoms with Crippen molar-refractivity contribution in [3.63, 3.8) is 0 Å². The molecule has 2 rings (SSSR count). The first-order valence-electron chi connectivity index (χ1n) is 4.34. The summed E-state index contributed by atoms with van der Waals surface area (Å²) in [6.45, 7) is 0. The van der Waals surface area contributed by atoms with Gasteiger partial charge in [-0.3, -0.25) is 0 Å². The summed E-state index contributed by atoms with van der Waals surface area (Å²) in [4.78, 5) is 0. The minimum Gasteiger partial charge on any atom is -0.508 e. The van der Waals surface area contributed by atoms with Crippen LogP contribution in [0.5, 0.6) is 5.75 Å². The van der Waals surface area contributed by atoms with Crippen LogP contribution < -0.4 is 5.73 Å². The maximum Gasteiger partial charge on any atom is 0.115 e. The molecule has 3 N–H and O–H groups in total. The molecule has 72 valence electrons. The monoisotopic (exact) mass is 205 g/mol. The Morgan fingerprint density at radius 3 is 2.71 bits per heavy atom. The van der Waals surface area contributed by atoms with Gasteiger partial charge in [-0.05, 0) is 40.1 Å². The van der Waals surface area contributed by atoms with Crippen molar-refractivity contribution in [1.29, 1.82) is 0 Å². The van der Waals surface area contributed by atoms with Gasteiger partial charge in [-0.25, -0.2) is 0 Å². The highest BCUT2D eigenvalue weighted by Gasteiger charge is 2.08. The van der Waals surface area contributed by atoms with E-state index in [1.807, 2.05) is 22.9 Å². The lowest BCUT2D eigenvalue weighted by molar-refractivity contribution is 0.474. The fourth-order valence-corrected chi connectivity index (χ4v) is 2.06. The van der Waals surface area contributed by atoms with Crippen LogP contribution in [0.15, 0.2) is 41.1 Å². The van der Waals surface area contributed by atoms with Crippen molar-refractivity contribution < 1.29 is 5.11 Å². The van der Waals surface area contributed by atoms with E-state index < -0.39 is 0 Å². The summed E-state index contributed by atoms with van der Waals surface area (Å²) in [6, 6.07) is 8.91. The number of benzene rings is 1. The van der Waals surface area contributed by atoms with Crippen LogP contribution in [-0.4, -0.2) is 5.11 Å². The Morgan fingerprint density at radius 2 is 2.07 bits per heavy atom. The van der Waals surface area contributed by atoms with E-state index in [4.69, 9.17) is 5.73 Å². The summed E-state index contributed by atoms with van der Waals surface area (Å²) in [6.07, 6.45) is 0. The molecule has 0 aliphatic rings. The number of hydrogen-bond donors (Lipinski definition) is 2. The van der Waals surface area contributed by atoms with E-state index in [0.29, 0.717) is 0 Å². The molecule has 0 amide bonds. The number of nitrogens with two attached hydrogens (primary N) is 1. The summed E-state index contributed by atoms with van der Waals surface area (Å²) >= 11 is 1.62. The van der Waals surface area contributed by atoms with Crippen LogP contribution >= 0.6 is 11.3 Å². The molecule has 0 aliphatic heterocycles. The first-order chi connectivity index (χ1) is 6.77. The summed E-state index contributed by atoms with van der Waals surface area (Å²) < 4.78 is 0. The molecule has 0 radical (unpaired) electrons. The molecule has 0 bridgehead atoms. The Bertz CT molecular complexity index is 411. The molecule has 3 heteroatoms. The average Bonchev–Trinajstić information content (AvgIpc) is 2.69. The predicted molar refractivity (Wildman–Crippen MR) is 58.5 cm³/mol. The predicted octanol–water partition coefficient (Wildman–Crippen LogP) is 2.50. The van der Waals surface area contributed by atoms with Crippen LogP contribution in [0.25, 0.3) is 0 Å². The third-order valence-corrected chi connectivity index (χ3v) is 2.83. The molecule has 2 aromatic rings. The highest BCUT2D eigenvalue weighted by atomic mass is 32.1. The van der Waals surface area contributed by atoms with Gasteiger partial charge in [-0.1, -0.05) is 12.1 Å². The Labute approximate surface area is 86.6 Å². The van der Waals surface area contributed by atoms with E-state index in [9.17, 15) is 5.11 Å². The SMILES string of the molecule is N[C@@H](c1ccsc1)c1cccc(O)c1. The zero-order chi connectivity index (χ0) is 9.97. The molecule has 1 aromatic carbocycles. The second-order valence-electron chi connectivity index (χ2n) is 3.13. The van der Waals surface area contributed by atoms with Crippen LogP contribution in [0.1, 0.15) is 17.2 Å². The van der Waals surface area contributed by atoms with Crippen molar-refractivity contribution in [2.75, 3.05) is 0 Å². The number of phenolic OH excluding ortho intramolecular Hbond substituents is 1. The average molecular weight is 205 g/mol. The van der Waals surface area contributed by atoms with E-state index in [1.165, 1.54) is 0 Å². The highest BCUT2D eigenvalue weighted by Crippen LogP contribution is 2.23. The van der Waals surface area contributed by atoms with Crippen LogP contribution in [0.4, 0.5) is 0 Å². The van der Waals surface area contributed by atoms with Crippen LogP contribution in [0.2, 0.25) is 0 Å². The van der Waals surface area contributed by atoms with Crippen LogP contribution in [0.3, 0.4) is 0 Å². The van der Waals surface area contributed by atoms with Gasteiger partial charge in [0.05, 0.1) is 6.04 Å². The third-order valence-electron chi connectivity index (χ3n) is 2.13. The normalized spacial score (nSPS) is 12.6. The second kappa shape index (κ2) is 3.82. The molecule has 1 aromatic heterocycles. The second-order valence-corrected chi connectivity index (χ2v) is 3.91. The van der Waals surface area contributed by atoms with Crippen LogP contribution in [0, 0.1) is 0 Å². The molecular weight excluding hydrogens is 194 g/mol. The lowest BCUT2D eigenvalue weighted by atomic mass is 10.0. The molecule has 0 unspecified atom stereocenters. The van der Waals surface area contributed by atoms with Gasteiger partial charge < -0.3 is 10.8 Å². The van der Waals surface area contributed by atoms with Gasteiger partial charge in [0.2, 0.25) is 0 Å².